The van der Waals surface area contributed by atoms with Crippen molar-refractivity contribution in [1.82, 2.24) is 0 Å². The lowest BCUT2D eigenvalue weighted by Gasteiger charge is -2.12. The molecule has 0 saturated heterocycles. The number of aliphatic hydroxyl groups is 1. The Morgan fingerprint density at radius 3 is 2.46 bits per heavy atom. The maximum absolute atomic E-state index is 11.2. The van der Waals surface area contributed by atoms with Gasteiger partial charge in [0.05, 0.1) is 12.0 Å². The Kier molecular flexibility index (Phi) is 3.82. The molecule has 0 bridgehead atoms. The average molecular weight is 349 g/mol. The van der Waals surface area contributed by atoms with Crippen molar-refractivity contribution < 1.29 is 19.2 Å². The summed E-state index contributed by atoms with van der Waals surface area (Å²) in [7, 11) is 1.37. The molecule has 1 aromatic heterocycles. The summed E-state index contributed by atoms with van der Waals surface area (Å²) in [5.74, 6) is 0.152. The van der Waals surface area contributed by atoms with Crippen LogP contribution in [0.4, 0.5) is 5.69 Å². The maximum atomic E-state index is 11.2. The number of fused-ring (bicyclic) bond motifs is 3. The smallest absolute Gasteiger partial charge is 0.311 e. The van der Waals surface area contributed by atoms with Gasteiger partial charge in [-0.2, -0.15) is 0 Å². The number of para-hydroxylation sites is 1. The summed E-state index contributed by atoms with van der Waals surface area (Å²) < 4.78 is 10.8. The molecule has 26 heavy (non-hydrogen) atoms. The first-order valence-electron chi connectivity index (χ1n) is 8.00. The molecular weight excluding hydrogens is 334 g/mol. The van der Waals surface area contributed by atoms with E-state index in [-0.39, 0.29) is 11.4 Å². The molecule has 4 aromatic rings. The molecule has 0 amide bonds. The molecule has 1 heterocycles. The van der Waals surface area contributed by atoms with Gasteiger partial charge < -0.3 is 14.3 Å². The predicted octanol–water partition coefficient (Wildman–Crippen LogP) is 4.58. The Bertz CT molecular complexity index is 1130. The summed E-state index contributed by atoms with van der Waals surface area (Å²) in [6.45, 7) is 0. The van der Waals surface area contributed by atoms with Crippen LogP contribution in [0.3, 0.4) is 0 Å². The summed E-state index contributed by atoms with van der Waals surface area (Å²) in [4.78, 5) is 10.7. The number of nitrogens with zero attached hydrogens (tertiary/aromatic N) is 1. The molecule has 0 radical (unpaired) electrons. The molecular formula is C20H15NO5. The lowest BCUT2D eigenvalue weighted by molar-refractivity contribution is -0.385. The third-order valence-corrected chi connectivity index (χ3v) is 4.43. The minimum Gasteiger partial charge on any atom is -0.490 e. The number of benzene rings is 3. The van der Waals surface area contributed by atoms with E-state index in [0.29, 0.717) is 16.7 Å². The molecule has 0 fully saturated rings. The van der Waals surface area contributed by atoms with E-state index in [2.05, 4.69) is 0 Å². The van der Waals surface area contributed by atoms with Gasteiger partial charge in [-0.3, -0.25) is 10.1 Å². The van der Waals surface area contributed by atoms with Crippen molar-refractivity contribution in [2.24, 2.45) is 0 Å². The number of nitro benzene ring substituents is 1. The normalized spacial score (nSPS) is 12.4. The van der Waals surface area contributed by atoms with Gasteiger partial charge in [0, 0.05) is 16.8 Å². The third kappa shape index (κ3) is 2.57. The van der Waals surface area contributed by atoms with E-state index in [0.717, 1.165) is 16.4 Å². The van der Waals surface area contributed by atoms with E-state index in [1.165, 1.54) is 19.2 Å². The van der Waals surface area contributed by atoms with E-state index in [9.17, 15) is 15.2 Å². The minimum atomic E-state index is -1.02. The number of furan rings is 1. The summed E-state index contributed by atoms with van der Waals surface area (Å²) in [5.41, 5.74) is 2.25. The van der Waals surface area contributed by atoms with Crippen molar-refractivity contribution in [3.05, 3.63) is 81.9 Å². The Morgan fingerprint density at radius 1 is 1.00 bits per heavy atom. The van der Waals surface area contributed by atoms with Gasteiger partial charge in [-0.25, -0.2) is 0 Å². The van der Waals surface area contributed by atoms with E-state index in [1.807, 2.05) is 30.3 Å². The summed E-state index contributed by atoms with van der Waals surface area (Å²) in [6.07, 6.45) is -1.02. The van der Waals surface area contributed by atoms with Crippen LogP contribution in [0.1, 0.15) is 17.2 Å². The first-order valence-corrected chi connectivity index (χ1v) is 8.00. The van der Waals surface area contributed by atoms with Crippen LogP contribution in [0, 0.1) is 10.1 Å². The van der Waals surface area contributed by atoms with Crippen LogP contribution in [0.5, 0.6) is 5.75 Å². The summed E-state index contributed by atoms with van der Waals surface area (Å²) >= 11 is 0. The van der Waals surface area contributed by atoms with Crippen molar-refractivity contribution >= 4 is 27.6 Å². The SMILES string of the molecule is COc1ccc(C(O)c2ccc3c(c2)oc2ccccc23)cc1[N+](=O)[O-]. The highest BCUT2D eigenvalue weighted by Crippen LogP contribution is 2.34. The van der Waals surface area contributed by atoms with Crippen LogP contribution in [-0.2, 0) is 0 Å². The lowest BCUT2D eigenvalue weighted by atomic mass is 9.99. The van der Waals surface area contributed by atoms with Gasteiger partial charge in [-0.1, -0.05) is 36.4 Å². The van der Waals surface area contributed by atoms with Crippen LogP contribution < -0.4 is 4.74 Å². The van der Waals surface area contributed by atoms with E-state index in [1.54, 1.807) is 18.2 Å². The molecule has 6 nitrogen and oxygen atoms in total. The zero-order valence-corrected chi connectivity index (χ0v) is 13.9. The number of aliphatic hydroxyl groups excluding tert-OH is 1. The molecule has 1 unspecified atom stereocenters. The van der Waals surface area contributed by atoms with Crippen LogP contribution in [0.25, 0.3) is 21.9 Å². The molecule has 6 heteroatoms. The molecule has 3 aromatic carbocycles. The molecule has 0 aliphatic rings. The third-order valence-electron chi connectivity index (χ3n) is 4.43. The zero-order valence-electron chi connectivity index (χ0n) is 13.9. The maximum Gasteiger partial charge on any atom is 0.311 e. The number of hydrogen-bond donors (Lipinski definition) is 1. The number of methoxy groups -OCH3 is 1. The summed E-state index contributed by atoms with van der Waals surface area (Å²) in [6, 6.07) is 17.6. The second-order valence-electron chi connectivity index (χ2n) is 5.94. The largest absolute Gasteiger partial charge is 0.490 e. The van der Waals surface area contributed by atoms with Gasteiger partial charge in [-0.05, 0) is 29.3 Å². The predicted molar refractivity (Wildman–Crippen MR) is 97.4 cm³/mol. The molecule has 4 rings (SSSR count). The molecule has 1 atom stereocenters. The molecule has 1 N–H and O–H groups in total. The first-order chi connectivity index (χ1) is 12.6. The van der Waals surface area contributed by atoms with Crippen LogP contribution in [0.15, 0.2) is 65.1 Å². The standard InChI is InChI=1S/C20H15NO5/c1-25-18-9-7-12(10-16(18)21(23)24)20(22)13-6-8-15-14-4-2-3-5-17(14)26-19(15)11-13/h2-11,20,22H,1H3. The van der Waals surface area contributed by atoms with Gasteiger partial charge in [-0.15, -0.1) is 0 Å². The second kappa shape index (κ2) is 6.16. The molecule has 0 spiro atoms. The quantitative estimate of drug-likeness (QED) is 0.430. The Hall–Kier alpha value is -3.38. The highest BCUT2D eigenvalue weighted by Gasteiger charge is 2.20. The Morgan fingerprint density at radius 2 is 1.69 bits per heavy atom. The summed E-state index contributed by atoms with van der Waals surface area (Å²) in [5, 5.41) is 23.8. The lowest BCUT2D eigenvalue weighted by Crippen LogP contribution is -2.02. The van der Waals surface area contributed by atoms with Crippen LogP contribution in [-0.4, -0.2) is 17.1 Å². The van der Waals surface area contributed by atoms with Crippen LogP contribution in [0.2, 0.25) is 0 Å². The zero-order chi connectivity index (χ0) is 18.3. The number of ether oxygens (including phenoxy) is 1. The van der Waals surface area contributed by atoms with Gasteiger partial charge in [0.25, 0.3) is 0 Å². The van der Waals surface area contributed by atoms with Gasteiger partial charge >= 0.3 is 5.69 Å². The number of rotatable bonds is 4. The van der Waals surface area contributed by atoms with E-state index in [4.69, 9.17) is 9.15 Å². The topological polar surface area (TPSA) is 85.7 Å². The molecule has 0 aliphatic heterocycles. The number of hydrogen-bond acceptors (Lipinski definition) is 5. The van der Waals surface area contributed by atoms with Gasteiger partial charge in [0.2, 0.25) is 0 Å². The Labute approximate surface area is 148 Å². The van der Waals surface area contributed by atoms with Crippen LogP contribution >= 0.6 is 0 Å². The average Bonchev–Trinajstić information content (AvgIpc) is 3.04. The van der Waals surface area contributed by atoms with Gasteiger partial charge in [0.15, 0.2) is 5.75 Å². The van der Waals surface area contributed by atoms with E-state index < -0.39 is 11.0 Å². The van der Waals surface area contributed by atoms with Crippen molar-refractivity contribution in [3.63, 3.8) is 0 Å². The number of nitro groups is 1. The molecule has 0 saturated carbocycles. The second-order valence-corrected chi connectivity index (χ2v) is 5.94. The van der Waals surface area contributed by atoms with E-state index >= 15 is 0 Å². The highest BCUT2D eigenvalue weighted by atomic mass is 16.6. The molecule has 0 aliphatic carbocycles. The highest BCUT2D eigenvalue weighted by molar-refractivity contribution is 6.04. The van der Waals surface area contributed by atoms with Crippen molar-refractivity contribution in [2.75, 3.05) is 7.11 Å². The fourth-order valence-electron chi connectivity index (χ4n) is 3.12. The van der Waals surface area contributed by atoms with Gasteiger partial charge in [0.1, 0.15) is 17.3 Å². The molecule has 130 valence electrons. The Balaban J connectivity index is 1.78. The fourth-order valence-corrected chi connectivity index (χ4v) is 3.12. The van der Waals surface area contributed by atoms with Crippen molar-refractivity contribution in [2.45, 2.75) is 6.10 Å². The minimum absolute atomic E-state index is 0.152. The fraction of sp³-hybridized carbons (Fsp3) is 0.100. The monoisotopic (exact) mass is 349 g/mol. The van der Waals surface area contributed by atoms with Crippen molar-refractivity contribution in [3.8, 4) is 5.75 Å². The van der Waals surface area contributed by atoms with Crippen molar-refractivity contribution in [1.29, 1.82) is 0 Å². The first kappa shape index (κ1) is 16.1.